The second-order valence-electron chi connectivity index (χ2n) is 6.47. The maximum atomic E-state index is 6.34. The van der Waals surface area contributed by atoms with Gasteiger partial charge >= 0.3 is 0 Å². The highest BCUT2D eigenvalue weighted by Crippen LogP contribution is 2.49. The van der Waals surface area contributed by atoms with Crippen molar-refractivity contribution in [3.05, 3.63) is 76.6 Å². The normalized spacial score (nSPS) is 19.9. The molecule has 5 nitrogen and oxygen atoms in total. The summed E-state index contributed by atoms with van der Waals surface area (Å²) >= 11 is 6.14. The van der Waals surface area contributed by atoms with Gasteiger partial charge in [-0.05, 0) is 44.2 Å². The zero-order chi connectivity index (χ0) is 17.9. The average Bonchev–Trinajstić information content (AvgIpc) is 3.13. The van der Waals surface area contributed by atoms with Crippen LogP contribution in [0.1, 0.15) is 18.2 Å². The molecular weight excluding hydrogens is 350 g/mol. The molecule has 2 aliphatic heterocycles. The van der Waals surface area contributed by atoms with Gasteiger partial charge in [0, 0.05) is 11.1 Å². The fraction of sp³-hybridized carbons (Fsp3) is 0.150. The number of rotatable bonds is 1. The standard InChI is InChI=1S/C20H16ClN3O2/c1-12-11-20(22-16-10-14(21)8-9-17(16)26-20)18-13(2)23-24(19(18)25-12)15-6-4-3-5-7-15/h3-11,22H,1-2H3/t20-/m1/s1. The molecule has 130 valence electrons. The lowest BCUT2D eigenvalue weighted by Gasteiger charge is -2.31. The quantitative estimate of drug-likeness (QED) is 0.673. The summed E-state index contributed by atoms with van der Waals surface area (Å²) in [4.78, 5) is 0. The zero-order valence-corrected chi connectivity index (χ0v) is 15.0. The first-order valence-electron chi connectivity index (χ1n) is 8.35. The van der Waals surface area contributed by atoms with Crippen LogP contribution >= 0.6 is 11.6 Å². The largest absolute Gasteiger partial charge is 0.458 e. The minimum atomic E-state index is -0.859. The fourth-order valence-corrected chi connectivity index (χ4v) is 3.75. The van der Waals surface area contributed by atoms with E-state index in [9.17, 15) is 0 Å². The van der Waals surface area contributed by atoms with Crippen molar-refractivity contribution in [3.63, 3.8) is 0 Å². The predicted octanol–water partition coefficient (Wildman–Crippen LogP) is 4.79. The molecule has 1 atom stereocenters. The Morgan fingerprint density at radius 3 is 2.73 bits per heavy atom. The molecule has 1 N–H and O–H groups in total. The second kappa shape index (κ2) is 5.29. The first-order valence-corrected chi connectivity index (χ1v) is 8.73. The number of allylic oxidation sites excluding steroid dienone is 1. The Kier molecular flexibility index (Phi) is 3.12. The van der Waals surface area contributed by atoms with E-state index in [-0.39, 0.29) is 0 Å². The number of nitrogens with one attached hydrogen (secondary N) is 1. The fourth-order valence-electron chi connectivity index (χ4n) is 3.58. The van der Waals surface area contributed by atoms with Crippen molar-refractivity contribution < 1.29 is 9.47 Å². The van der Waals surface area contributed by atoms with Crippen molar-refractivity contribution in [2.24, 2.45) is 0 Å². The van der Waals surface area contributed by atoms with E-state index in [1.807, 2.05) is 73.1 Å². The summed E-state index contributed by atoms with van der Waals surface area (Å²) in [5.74, 6) is 2.14. The van der Waals surface area contributed by atoms with E-state index in [0.717, 1.165) is 34.1 Å². The van der Waals surface area contributed by atoms with Crippen LogP contribution < -0.4 is 14.8 Å². The molecule has 6 heteroatoms. The van der Waals surface area contributed by atoms with Gasteiger partial charge in [-0.2, -0.15) is 5.10 Å². The minimum Gasteiger partial charge on any atom is -0.458 e. The van der Waals surface area contributed by atoms with E-state index < -0.39 is 5.72 Å². The lowest BCUT2D eigenvalue weighted by atomic mass is 10.0. The average molecular weight is 366 g/mol. The van der Waals surface area contributed by atoms with Crippen molar-refractivity contribution in [1.82, 2.24) is 9.78 Å². The van der Waals surface area contributed by atoms with E-state index in [1.165, 1.54) is 0 Å². The molecule has 0 bridgehead atoms. The third-order valence-electron chi connectivity index (χ3n) is 4.59. The summed E-state index contributed by atoms with van der Waals surface area (Å²) < 4.78 is 14.2. The second-order valence-corrected chi connectivity index (χ2v) is 6.91. The molecule has 3 heterocycles. The number of ether oxygens (including phenoxy) is 2. The third kappa shape index (κ3) is 2.14. The van der Waals surface area contributed by atoms with Crippen LogP contribution in [0.5, 0.6) is 11.6 Å². The Morgan fingerprint density at radius 2 is 1.92 bits per heavy atom. The topological polar surface area (TPSA) is 48.3 Å². The SMILES string of the molecule is CC1=C[C@]2(Nc3cc(Cl)ccc3O2)c2c(C)nn(-c3ccccc3)c2O1. The number of hydrogen-bond acceptors (Lipinski definition) is 4. The molecule has 0 saturated carbocycles. The Bertz CT molecular complexity index is 1060. The van der Waals surface area contributed by atoms with E-state index in [4.69, 9.17) is 26.2 Å². The molecule has 0 radical (unpaired) electrons. The highest BCUT2D eigenvalue weighted by atomic mass is 35.5. The Morgan fingerprint density at radius 1 is 1.12 bits per heavy atom. The molecule has 1 aromatic heterocycles. The van der Waals surface area contributed by atoms with Gasteiger partial charge in [0.25, 0.3) is 0 Å². The number of para-hydroxylation sites is 1. The van der Waals surface area contributed by atoms with Crippen molar-refractivity contribution in [3.8, 4) is 17.3 Å². The minimum absolute atomic E-state index is 0.653. The molecule has 2 aromatic carbocycles. The molecule has 0 unspecified atom stereocenters. The summed E-state index contributed by atoms with van der Waals surface area (Å²) in [7, 11) is 0. The summed E-state index contributed by atoms with van der Waals surface area (Å²) in [5.41, 5.74) is 2.61. The van der Waals surface area contributed by atoms with Crippen LogP contribution in [0.25, 0.3) is 5.69 Å². The Balaban J connectivity index is 1.70. The smallest absolute Gasteiger partial charge is 0.237 e. The first kappa shape index (κ1) is 15.3. The monoisotopic (exact) mass is 365 g/mol. The van der Waals surface area contributed by atoms with Gasteiger partial charge in [0.1, 0.15) is 17.1 Å². The number of anilines is 1. The first-order chi connectivity index (χ1) is 12.6. The van der Waals surface area contributed by atoms with Crippen molar-refractivity contribution in [1.29, 1.82) is 0 Å². The van der Waals surface area contributed by atoms with Crippen LogP contribution in [0.3, 0.4) is 0 Å². The number of halogens is 1. The van der Waals surface area contributed by atoms with Gasteiger partial charge < -0.3 is 14.8 Å². The van der Waals surface area contributed by atoms with Gasteiger partial charge in [0.15, 0.2) is 0 Å². The van der Waals surface area contributed by atoms with Crippen LogP contribution in [0.15, 0.2) is 60.4 Å². The van der Waals surface area contributed by atoms with Gasteiger partial charge in [0.2, 0.25) is 11.6 Å². The Labute approximate surface area is 155 Å². The highest BCUT2D eigenvalue weighted by Gasteiger charge is 2.47. The maximum Gasteiger partial charge on any atom is 0.237 e. The van der Waals surface area contributed by atoms with Gasteiger partial charge in [0.05, 0.1) is 17.1 Å². The van der Waals surface area contributed by atoms with Gasteiger partial charge in [-0.15, -0.1) is 0 Å². The lowest BCUT2D eigenvalue weighted by Crippen LogP contribution is -2.38. The van der Waals surface area contributed by atoms with Crippen molar-refractivity contribution >= 4 is 17.3 Å². The van der Waals surface area contributed by atoms with E-state index in [1.54, 1.807) is 0 Å². The van der Waals surface area contributed by atoms with Gasteiger partial charge in [-0.3, -0.25) is 0 Å². The highest BCUT2D eigenvalue weighted by molar-refractivity contribution is 6.31. The molecule has 0 fully saturated rings. The molecule has 0 aliphatic carbocycles. The maximum absolute atomic E-state index is 6.34. The summed E-state index contributed by atoms with van der Waals surface area (Å²) in [6.45, 7) is 3.86. The van der Waals surface area contributed by atoms with Gasteiger partial charge in [-0.25, -0.2) is 4.68 Å². The van der Waals surface area contributed by atoms with E-state index in [2.05, 4.69) is 5.32 Å². The lowest BCUT2D eigenvalue weighted by molar-refractivity contribution is 0.153. The van der Waals surface area contributed by atoms with E-state index >= 15 is 0 Å². The van der Waals surface area contributed by atoms with Crippen LogP contribution in [0, 0.1) is 6.92 Å². The molecule has 2 aliphatic rings. The molecule has 5 rings (SSSR count). The van der Waals surface area contributed by atoms with Crippen molar-refractivity contribution in [2.45, 2.75) is 19.6 Å². The molecular formula is C20H16ClN3O2. The van der Waals surface area contributed by atoms with Crippen LogP contribution in [0.4, 0.5) is 5.69 Å². The molecule has 0 saturated heterocycles. The van der Waals surface area contributed by atoms with Gasteiger partial charge in [-0.1, -0.05) is 29.8 Å². The number of aryl methyl sites for hydroxylation is 1. The summed E-state index contributed by atoms with van der Waals surface area (Å²) in [6.07, 6.45) is 1.94. The number of nitrogens with zero attached hydrogens (tertiary/aromatic N) is 2. The van der Waals surface area contributed by atoms with Crippen LogP contribution in [-0.4, -0.2) is 9.78 Å². The van der Waals surface area contributed by atoms with E-state index in [0.29, 0.717) is 10.9 Å². The summed E-state index contributed by atoms with van der Waals surface area (Å²) in [5, 5.41) is 8.83. The number of hydrogen-bond donors (Lipinski definition) is 1. The molecule has 0 amide bonds. The third-order valence-corrected chi connectivity index (χ3v) is 4.82. The van der Waals surface area contributed by atoms with Crippen LogP contribution in [0.2, 0.25) is 5.02 Å². The molecule has 26 heavy (non-hydrogen) atoms. The number of fused-ring (bicyclic) bond motifs is 3. The Hall–Kier alpha value is -2.92. The molecule has 1 spiro atoms. The number of aromatic nitrogens is 2. The predicted molar refractivity (Wildman–Crippen MR) is 100 cm³/mol. The molecule has 3 aromatic rings. The zero-order valence-electron chi connectivity index (χ0n) is 14.3. The summed E-state index contributed by atoms with van der Waals surface area (Å²) in [6, 6.07) is 15.5. The van der Waals surface area contributed by atoms with Crippen molar-refractivity contribution in [2.75, 3.05) is 5.32 Å². The number of benzene rings is 2. The van der Waals surface area contributed by atoms with Crippen LogP contribution in [-0.2, 0) is 5.72 Å².